The molecule has 5 rings (SSSR count). The lowest BCUT2D eigenvalue weighted by Gasteiger charge is -2.29. The van der Waals surface area contributed by atoms with Gasteiger partial charge in [0.25, 0.3) is 5.91 Å². The maximum atomic E-state index is 12.8. The molecule has 29 heavy (non-hydrogen) atoms. The van der Waals surface area contributed by atoms with E-state index in [0.29, 0.717) is 41.2 Å². The molecule has 1 aromatic heterocycles. The van der Waals surface area contributed by atoms with E-state index in [2.05, 4.69) is 10.3 Å². The van der Waals surface area contributed by atoms with Crippen LogP contribution in [0.5, 0.6) is 11.5 Å². The molecule has 0 saturated heterocycles. The van der Waals surface area contributed by atoms with E-state index in [1.165, 1.54) is 0 Å². The summed E-state index contributed by atoms with van der Waals surface area (Å²) < 4.78 is 11.1. The maximum absolute atomic E-state index is 12.8. The number of aromatic amines is 1. The Labute approximate surface area is 173 Å². The minimum atomic E-state index is -0.0796. The second kappa shape index (κ2) is 7.59. The van der Waals surface area contributed by atoms with Crippen molar-refractivity contribution < 1.29 is 14.3 Å². The zero-order valence-corrected chi connectivity index (χ0v) is 16.7. The number of ether oxygens (including phenoxy) is 2. The minimum absolute atomic E-state index is 0.0796. The van der Waals surface area contributed by atoms with Crippen LogP contribution in [0.1, 0.15) is 47.8 Å². The first kappa shape index (κ1) is 18.3. The Morgan fingerprint density at radius 2 is 1.97 bits per heavy atom. The Balaban J connectivity index is 1.28. The molecule has 6 nitrogen and oxygen atoms in total. The number of halogens is 1. The molecule has 150 valence electrons. The molecular weight excluding hydrogens is 390 g/mol. The van der Waals surface area contributed by atoms with Gasteiger partial charge >= 0.3 is 0 Å². The van der Waals surface area contributed by atoms with E-state index in [0.717, 1.165) is 42.5 Å². The van der Waals surface area contributed by atoms with E-state index in [4.69, 9.17) is 26.1 Å². The number of carbonyl (C=O) groups excluding carboxylic acids is 1. The summed E-state index contributed by atoms with van der Waals surface area (Å²) in [6.45, 7) is 1.04. The van der Waals surface area contributed by atoms with Crippen LogP contribution in [0.3, 0.4) is 0 Å². The van der Waals surface area contributed by atoms with Gasteiger partial charge in [-0.15, -0.1) is 0 Å². The molecule has 2 atom stereocenters. The highest BCUT2D eigenvalue weighted by atomic mass is 35.5. The molecule has 2 heterocycles. The first-order valence-corrected chi connectivity index (χ1v) is 10.4. The fraction of sp³-hybridized carbons (Fsp3) is 0.364. The lowest BCUT2D eigenvalue weighted by atomic mass is 9.85. The molecule has 1 fully saturated rings. The summed E-state index contributed by atoms with van der Waals surface area (Å²) in [5.41, 5.74) is 2.47. The topological polar surface area (TPSA) is 76.2 Å². The molecule has 3 aromatic rings. The second-order valence-corrected chi connectivity index (χ2v) is 8.11. The van der Waals surface area contributed by atoms with Crippen LogP contribution in [0.4, 0.5) is 0 Å². The molecule has 2 aliphatic rings. The first-order valence-electron chi connectivity index (χ1n) is 10.0. The van der Waals surface area contributed by atoms with Crippen molar-refractivity contribution >= 4 is 28.5 Å². The van der Waals surface area contributed by atoms with Crippen LogP contribution in [0.25, 0.3) is 11.0 Å². The summed E-state index contributed by atoms with van der Waals surface area (Å²) in [6, 6.07) is 11.1. The fourth-order valence-electron chi connectivity index (χ4n) is 4.22. The number of H-pyrrole nitrogens is 1. The standard InChI is InChI=1S/C22H22ClN3O3/c23-15-5-6-17-18(12-15)26-21(25-17)13-2-1-3-16(10-13)24-22(27)14-4-7-19-20(11-14)29-9-8-28-19/h4-7,11-13,16H,1-3,8-10H2,(H,24,27)(H,25,26). The number of benzene rings is 2. The zero-order chi connectivity index (χ0) is 19.8. The predicted octanol–water partition coefficient (Wildman–Crippen LogP) is 4.44. The van der Waals surface area contributed by atoms with Gasteiger partial charge in [0, 0.05) is 22.5 Å². The first-order chi connectivity index (χ1) is 14.2. The Morgan fingerprint density at radius 1 is 1.10 bits per heavy atom. The second-order valence-electron chi connectivity index (χ2n) is 7.68. The highest BCUT2D eigenvalue weighted by molar-refractivity contribution is 6.31. The minimum Gasteiger partial charge on any atom is -0.486 e. The Morgan fingerprint density at radius 3 is 2.86 bits per heavy atom. The predicted molar refractivity (Wildman–Crippen MR) is 111 cm³/mol. The molecule has 1 saturated carbocycles. The number of aromatic nitrogens is 2. The van der Waals surface area contributed by atoms with Crippen LogP contribution in [-0.4, -0.2) is 35.1 Å². The van der Waals surface area contributed by atoms with Gasteiger partial charge in [-0.2, -0.15) is 0 Å². The number of nitrogens with zero attached hydrogens (tertiary/aromatic N) is 1. The van der Waals surface area contributed by atoms with E-state index in [-0.39, 0.29) is 11.9 Å². The smallest absolute Gasteiger partial charge is 0.251 e. The molecule has 0 bridgehead atoms. The van der Waals surface area contributed by atoms with E-state index in [1.807, 2.05) is 18.2 Å². The van der Waals surface area contributed by atoms with Crippen molar-refractivity contribution in [2.24, 2.45) is 0 Å². The normalized spacial score (nSPS) is 21.1. The van der Waals surface area contributed by atoms with Crippen molar-refractivity contribution in [2.75, 3.05) is 13.2 Å². The van der Waals surface area contributed by atoms with Gasteiger partial charge in [0.15, 0.2) is 11.5 Å². The molecule has 2 unspecified atom stereocenters. The third kappa shape index (κ3) is 3.77. The average molecular weight is 412 g/mol. The van der Waals surface area contributed by atoms with Gasteiger partial charge < -0.3 is 19.8 Å². The fourth-order valence-corrected chi connectivity index (χ4v) is 4.39. The summed E-state index contributed by atoms with van der Waals surface area (Å²) in [5, 5.41) is 3.88. The van der Waals surface area contributed by atoms with Crippen LogP contribution in [0.15, 0.2) is 36.4 Å². The molecule has 1 aliphatic carbocycles. The van der Waals surface area contributed by atoms with Crippen LogP contribution in [-0.2, 0) is 0 Å². The number of amides is 1. The van der Waals surface area contributed by atoms with Gasteiger partial charge in [-0.25, -0.2) is 4.98 Å². The molecule has 0 radical (unpaired) electrons. The van der Waals surface area contributed by atoms with Gasteiger partial charge in [-0.1, -0.05) is 18.0 Å². The summed E-state index contributed by atoms with van der Waals surface area (Å²) >= 11 is 6.08. The van der Waals surface area contributed by atoms with E-state index in [1.54, 1.807) is 18.2 Å². The summed E-state index contributed by atoms with van der Waals surface area (Å²) in [4.78, 5) is 20.9. The Hall–Kier alpha value is -2.73. The summed E-state index contributed by atoms with van der Waals surface area (Å²) in [7, 11) is 0. The van der Waals surface area contributed by atoms with Crippen molar-refractivity contribution in [2.45, 2.75) is 37.6 Å². The number of nitrogens with one attached hydrogen (secondary N) is 2. The highest BCUT2D eigenvalue weighted by Gasteiger charge is 2.27. The zero-order valence-electron chi connectivity index (χ0n) is 15.9. The Kier molecular flexibility index (Phi) is 4.79. The number of fused-ring (bicyclic) bond motifs is 2. The molecule has 0 spiro atoms. The van der Waals surface area contributed by atoms with Gasteiger partial charge in [-0.3, -0.25) is 4.79 Å². The van der Waals surface area contributed by atoms with Gasteiger partial charge in [0.2, 0.25) is 0 Å². The van der Waals surface area contributed by atoms with E-state index >= 15 is 0 Å². The van der Waals surface area contributed by atoms with Crippen LogP contribution in [0, 0.1) is 0 Å². The van der Waals surface area contributed by atoms with Crippen molar-refractivity contribution in [3.63, 3.8) is 0 Å². The van der Waals surface area contributed by atoms with E-state index in [9.17, 15) is 4.79 Å². The van der Waals surface area contributed by atoms with Crippen LogP contribution < -0.4 is 14.8 Å². The third-order valence-electron chi connectivity index (χ3n) is 5.66. The highest BCUT2D eigenvalue weighted by Crippen LogP contribution is 2.34. The molecule has 2 aromatic carbocycles. The maximum Gasteiger partial charge on any atom is 0.251 e. The molecular formula is C22H22ClN3O3. The summed E-state index contributed by atoms with van der Waals surface area (Å²) in [6.07, 6.45) is 3.95. The van der Waals surface area contributed by atoms with Crippen LogP contribution in [0.2, 0.25) is 5.02 Å². The average Bonchev–Trinajstić information content (AvgIpc) is 3.17. The van der Waals surface area contributed by atoms with Crippen molar-refractivity contribution in [1.29, 1.82) is 0 Å². The number of carbonyl (C=O) groups is 1. The molecule has 2 N–H and O–H groups in total. The third-order valence-corrected chi connectivity index (χ3v) is 5.90. The molecule has 1 amide bonds. The quantitative estimate of drug-likeness (QED) is 0.667. The Bertz CT molecular complexity index is 1060. The van der Waals surface area contributed by atoms with Gasteiger partial charge in [-0.05, 0) is 55.7 Å². The number of hydrogen-bond acceptors (Lipinski definition) is 4. The number of hydrogen-bond donors (Lipinski definition) is 2. The van der Waals surface area contributed by atoms with Gasteiger partial charge in [0.05, 0.1) is 11.0 Å². The van der Waals surface area contributed by atoms with Crippen molar-refractivity contribution in [1.82, 2.24) is 15.3 Å². The number of rotatable bonds is 3. The largest absolute Gasteiger partial charge is 0.486 e. The number of imidazole rings is 1. The van der Waals surface area contributed by atoms with Crippen LogP contribution >= 0.6 is 11.6 Å². The van der Waals surface area contributed by atoms with Gasteiger partial charge in [0.1, 0.15) is 19.0 Å². The molecule has 1 aliphatic heterocycles. The van der Waals surface area contributed by atoms with Crippen molar-refractivity contribution in [3.05, 3.63) is 52.8 Å². The molecule has 7 heteroatoms. The lowest BCUT2D eigenvalue weighted by molar-refractivity contribution is 0.0923. The monoisotopic (exact) mass is 411 g/mol. The van der Waals surface area contributed by atoms with E-state index < -0.39 is 0 Å². The lowest BCUT2D eigenvalue weighted by Crippen LogP contribution is -2.38. The SMILES string of the molecule is O=C(NC1CCCC(c2nc3ccc(Cl)cc3[nH]2)C1)c1ccc2c(c1)OCCO2. The summed E-state index contributed by atoms with van der Waals surface area (Å²) in [5.74, 6) is 2.51. The van der Waals surface area contributed by atoms with Crippen molar-refractivity contribution in [3.8, 4) is 11.5 Å².